The van der Waals surface area contributed by atoms with Gasteiger partial charge in [0.1, 0.15) is 0 Å². The lowest BCUT2D eigenvalue weighted by molar-refractivity contribution is 0.831. The Labute approximate surface area is 43.9 Å². The van der Waals surface area contributed by atoms with Crippen molar-refractivity contribution < 1.29 is 0 Å². The van der Waals surface area contributed by atoms with Gasteiger partial charge < -0.3 is 5.43 Å². The summed E-state index contributed by atoms with van der Waals surface area (Å²) in [7, 11) is 0. The zero-order chi connectivity index (χ0) is 5.54. The lowest BCUT2D eigenvalue weighted by atomic mass is 10.7. The molecule has 1 N–H and O–H groups in total. The standard InChI is InChI=1S/C5H10N2/c1-3-5-7-6-4-2/h3-4,7H,1,5H2,2H3/b6-4-. The first-order chi connectivity index (χ1) is 3.41. The first kappa shape index (κ1) is 6.21. The Hall–Kier alpha value is -0.790. The van der Waals surface area contributed by atoms with Crippen molar-refractivity contribution in [1.82, 2.24) is 5.43 Å². The number of nitrogens with one attached hydrogen (secondary N) is 1. The smallest absolute Gasteiger partial charge is 0.0507 e. The monoisotopic (exact) mass is 98.1 g/mol. The predicted molar refractivity (Wildman–Crippen MR) is 32.4 cm³/mol. The van der Waals surface area contributed by atoms with E-state index in [1.165, 1.54) is 0 Å². The summed E-state index contributed by atoms with van der Waals surface area (Å²) in [6, 6.07) is 0. The second kappa shape index (κ2) is 5.21. The summed E-state index contributed by atoms with van der Waals surface area (Å²) in [4.78, 5) is 0. The Bertz CT molecular complexity index is 66.5. The normalized spacial score (nSPS) is 9.29. The second-order valence-corrected chi connectivity index (χ2v) is 1.04. The number of rotatable bonds is 3. The summed E-state index contributed by atoms with van der Waals surface area (Å²) in [6.07, 6.45) is 3.45. The van der Waals surface area contributed by atoms with Crippen molar-refractivity contribution in [1.29, 1.82) is 0 Å². The maximum absolute atomic E-state index is 3.72. The van der Waals surface area contributed by atoms with Crippen LogP contribution in [0.4, 0.5) is 0 Å². The first-order valence-corrected chi connectivity index (χ1v) is 2.23. The average Bonchev–Trinajstić information content (AvgIpc) is 1.69. The van der Waals surface area contributed by atoms with Crippen molar-refractivity contribution in [3.8, 4) is 0 Å². The molecule has 0 spiro atoms. The van der Waals surface area contributed by atoms with Gasteiger partial charge in [-0.05, 0) is 6.92 Å². The summed E-state index contributed by atoms with van der Waals surface area (Å²) in [5.41, 5.74) is 2.74. The second-order valence-electron chi connectivity index (χ2n) is 1.04. The maximum atomic E-state index is 3.72. The molecule has 0 aliphatic heterocycles. The quantitative estimate of drug-likeness (QED) is 0.240. The molecule has 0 rings (SSSR count). The van der Waals surface area contributed by atoms with Crippen LogP contribution in [0.2, 0.25) is 0 Å². The molecule has 0 aromatic carbocycles. The minimum Gasteiger partial charge on any atom is -0.307 e. The fourth-order valence-electron chi connectivity index (χ4n) is 0.209. The third kappa shape index (κ3) is 5.21. The summed E-state index contributed by atoms with van der Waals surface area (Å²) in [5.74, 6) is 0. The van der Waals surface area contributed by atoms with Crippen LogP contribution in [-0.4, -0.2) is 12.8 Å². The largest absolute Gasteiger partial charge is 0.307 e. The zero-order valence-corrected chi connectivity index (χ0v) is 4.52. The molecular weight excluding hydrogens is 88.1 g/mol. The molecule has 0 aromatic rings. The molecule has 2 heteroatoms. The van der Waals surface area contributed by atoms with E-state index in [-0.39, 0.29) is 0 Å². The van der Waals surface area contributed by atoms with Crippen LogP contribution in [0.1, 0.15) is 6.92 Å². The van der Waals surface area contributed by atoms with E-state index in [2.05, 4.69) is 17.1 Å². The maximum Gasteiger partial charge on any atom is 0.0507 e. The van der Waals surface area contributed by atoms with Gasteiger partial charge in [0.25, 0.3) is 0 Å². The van der Waals surface area contributed by atoms with Crippen molar-refractivity contribution in [2.75, 3.05) is 6.54 Å². The average molecular weight is 98.1 g/mol. The van der Waals surface area contributed by atoms with Crippen LogP contribution >= 0.6 is 0 Å². The topological polar surface area (TPSA) is 24.4 Å². The van der Waals surface area contributed by atoms with Gasteiger partial charge in [-0.1, -0.05) is 6.08 Å². The van der Waals surface area contributed by atoms with E-state index < -0.39 is 0 Å². The Kier molecular flexibility index (Phi) is 4.62. The summed E-state index contributed by atoms with van der Waals surface area (Å²) in [6.45, 7) is 6.09. The number of hydrogen-bond donors (Lipinski definition) is 1. The summed E-state index contributed by atoms with van der Waals surface area (Å²) in [5, 5.41) is 3.72. The van der Waals surface area contributed by atoms with E-state index in [0.717, 1.165) is 6.54 Å². The van der Waals surface area contributed by atoms with Crippen LogP contribution in [-0.2, 0) is 0 Å². The fourth-order valence-corrected chi connectivity index (χ4v) is 0.209. The van der Waals surface area contributed by atoms with Gasteiger partial charge in [0, 0.05) is 6.21 Å². The Morgan fingerprint density at radius 1 is 1.86 bits per heavy atom. The highest BCUT2D eigenvalue weighted by molar-refractivity contribution is 5.52. The van der Waals surface area contributed by atoms with Gasteiger partial charge in [-0.15, -0.1) is 6.58 Å². The van der Waals surface area contributed by atoms with E-state index in [0.29, 0.717) is 0 Å². The third-order valence-corrected chi connectivity index (χ3v) is 0.456. The molecule has 40 valence electrons. The summed E-state index contributed by atoms with van der Waals surface area (Å²) < 4.78 is 0. The highest BCUT2D eigenvalue weighted by Gasteiger charge is 1.62. The van der Waals surface area contributed by atoms with Gasteiger partial charge in [0.2, 0.25) is 0 Å². The van der Waals surface area contributed by atoms with Gasteiger partial charge in [-0.3, -0.25) is 0 Å². The van der Waals surface area contributed by atoms with Gasteiger partial charge in [-0.25, -0.2) is 0 Å². The Morgan fingerprint density at radius 2 is 2.57 bits per heavy atom. The molecule has 0 heterocycles. The van der Waals surface area contributed by atoms with Crippen molar-refractivity contribution in [2.45, 2.75) is 6.92 Å². The van der Waals surface area contributed by atoms with Crippen LogP contribution in [0.25, 0.3) is 0 Å². The van der Waals surface area contributed by atoms with Crippen LogP contribution in [0, 0.1) is 0 Å². The first-order valence-electron chi connectivity index (χ1n) is 2.23. The number of hydrazone groups is 1. The van der Waals surface area contributed by atoms with E-state index in [4.69, 9.17) is 0 Å². The zero-order valence-electron chi connectivity index (χ0n) is 4.52. The molecule has 0 aliphatic rings. The van der Waals surface area contributed by atoms with Gasteiger partial charge in [0.05, 0.1) is 6.54 Å². The highest BCUT2D eigenvalue weighted by atomic mass is 15.3. The molecular formula is C5H10N2. The summed E-state index contributed by atoms with van der Waals surface area (Å²) >= 11 is 0. The Morgan fingerprint density at radius 3 is 3.00 bits per heavy atom. The van der Waals surface area contributed by atoms with Crippen LogP contribution in [0.5, 0.6) is 0 Å². The molecule has 0 unspecified atom stereocenters. The molecule has 0 aromatic heterocycles. The van der Waals surface area contributed by atoms with Gasteiger partial charge in [-0.2, -0.15) is 5.10 Å². The minimum atomic E-state index is 0.740. The molecule has 0 bridgehead atoms. The fraction of sp³-hybridized carbons (Fsp3) is 0.400. The van der Waals surface area contributed by atoms with Crippen molar-refractivity contribution in [3.63, 3.8) is 0 Å². The van der Waals surface area contributed by atoms with E-state index in [9.17, 15) is 0 Å². The van der Waals surface area contributed by atoms with Crippen LogP contribution in [0.15, 0.2) is 17.8 Å². The highest BCUT2D eigenvalue weighted by Crippen LogP contribution is 1.57. The van der Waals surface area contributed by atoms with E-state index >= 15 is 0 Å². The predicted octanol–water partition coefficient (Wildman–Crippen LogP) is 0.768. The van der Waals surface area contributed by atoms with Gasteiger partial charge in [0.15, 0.2) is 0 Å². The number of hydrogen-bond acceptors (Lipinski definition) is 2. The van der Waals surface area contributed by atoms with Crippen molar-refractivity contribution in [2.24, 2.45) is 5.10 Å². The minimum absolute atomic E-state index is 0.740. The van der Waals surface area contributed by atoms with Crippen LogP contribution in [0.3, 0.4) is 0 Å². The third-order valence-electron chi connectivity index (χ3n) is 0.456. The van der Waals surface area contributed by atoms with Crippen molar-refractivity contribution in [3.05, 3.63) is 12.7 Å². The number of nitrogens with zero attached hydrogens (tertiary/aromatic N) is 1. The SMILES string of the molecule is C=CCN/N=C\C. The molecule has 2 nitrogen and oxygen atoms in total. The Balaban J connectivity index is 2.82. The lowest BCUT2D eigenvalue weighted by Crippen LogP contribution is -2.02. The molecule has 0 radical (unpaired) electrons. The molecule has 0 fully saturated rings. The van der Waals surface area contributed by atoms with Crippen LogP contribution < -0.4 is 5.43 Å². The molecule has 0 atom stereocenters. The molecule has 7 heavy (non-hydrogen) atoms. The van der Waals surface area contributed by atoms with E-state index in [1.807, 2.05) is 6.92 Å². The van der Waals surface area contributed by atoms with E-state index in [1.54, 1.807) is 12.3 Å². The molecule has 0 saturated heterocycles. The lowest BCUT2D eigenvalue weighted by Gasteiger charge is -1.87. The molecule has 0 amide bonds. The van der Waals surface area contributed by atoms with Crippen molar-refractivity contribution >= 4 is 6.21 Å². The van der Waals surface area contributed by atoms with Gasteiger partial charge >= 0.3 is 0 Å². The molecule has 0 saturated carbocycles. The molecule has 0 aliphatic carbocycles.